The normalized spacial score (nSPS) is 13.5. The van der Waals surface area contributed by atoms with E-state index in [2.05, 4.69) is 43.4 Å². The lowest BCUT2D eigenvalue weighted by atomic mass is 9.86. The predicted molar refractivity (Wildman–Crippen MR) is 124 cm³/mol. The standard InChI is InChI=1S/C26H26FN3O/c1-5-31-21-13-8-17(9-14-21)24-22-16-20(27)12-15-23(22)28-25(30-29-24)18-6-10-19(11-7-18)26(2,3)4/h6-16H,5H2,1-4H3,(H,28,30). The van der Waals surface area contributed by atoms with E-state index in [1.807, 2.05) is 43.3 Å². The fraction of sp³-hybridized carbons (Fsp3) is 0.231. The van der Waals surface area contributed by atoms with Crippen molar-refractivity contribution in [3.8, 4) is 5.75 Å². The van der Waals surface area contributed by atoms with E-state index < -0.39 is 0 Å². The van der Waals surface area contributed by atoms with E-state index in [1.54, 1.807) is 6.07 Å². The summed E-state index contributed by atoms with van der Waals surface area (Å²) in [5.41, 5.74) is 8.10. The molecule has 0 unspecified atom stereocenters. The van der Waals surface area contributed by atoms with Crippen molar-refractivity contribution in [1.29, 1.82) is 0 Å². The number of rotatable bonds is 4. The molecule has 0 aromatic heterocycles. The van der Waals surface area contributed by atoms with Crippen LogP contribution in [-0.4, -0.2) is 18.2 Å². The molecule has 3 aromatic carbocycles. The molecule has 158 valence electrons. The van der Waals surface area contributed by atoms with Gasteiger partial charge in [-0.15, -0.1) is 0 Å². The van der Waals surface area contributed by atoms with Crippen LogP contribution in [0.2, 0.25) is 0 Å². The molecule has 0 spiro atoms. The number of nitrogens with one attached hydrogen (secondary N) is 1. The van der Waals surface area contributed by atoms with E-state index in [9.17, 15) is 4.39 Å². The summed E-state index contributed by atoms with van der Waals surface area (Å²) in [4.78, 5) is 4.76. The quantitative estimate of drug-likeness (QED) is 0.572. The Morgan fingerprint density at radius 1 is 0.903 bits per heavy atom. The van der Waals surface area contributed by atoms with Gasteiger partial charge in [0.15, 0.2) is 5.84 Å². The van der Waals surface area contributed by atoms with E-state index in [0.717, 1.165) is 16.9 Å². The molecule has 31 heavy (non-hydrogen) atoms. The Morgan fingerprint density at radius 2 is 1.58 bits per heavy atom. The number of aliphatic imine (C=N–C) groups is 1. The fourth-order valence-corrected chi connectivity index (χ4v) is 3.46. The average Bonchev–Trinajstić information content (AvgIpc) is 2.93. The maximum Gasteiger partial charge on any atom is 0.154 e. The molecule has 5 heteroatoms. The fourth-order valence-electron chi connectivity index (χ4n) is 3.46. The van der Waals surface area contributed by atoms with Gasteiger partial charge in [0.05, 0.1) is 12.3 Å². The molecule has 0 radical (unpaired) electrons. The molecule has 0 amide bonds. The maximum absolute atomic E-state index is 14.1. The summed E-state index contributed by atoms with van der Waals surface area (Å²) < 4.78 is 19.6. The van der Waals surface area contributed by atoms with Crippen LogP contribution in [0.25, 0.3) is 0 Å². The molecule has 1 aliphatic heterocycles. The first-order valence-electron chi connectivity index (χ1n) is 10.4. The third-order valence-corrected chi connectivity index (χ3v) is 5.18. The second kappa shape index (κ2) is 8.34. The van der Waals surface area contributed by atoms with Gasteiger partial charge in [-0.2, -0.15) is 5.10 Å². The number of hydrogen-bond acceptors (Lipinski definition) is 4. The molecule has 4 nitrogen and oxygen atoms in total. The number of hydrogen-bond donors (Lipinski definition) is 1. The number of ether oxygens (including phenoxy) is 1. The zero-order valence-corrected chi connectivity index (χ0v) is 18.2. The van der Waals surface area contributed by atoms with E-state index in [1.165, 1.54) is 17.7 Å². The van der Waals surface area contributed by atoms with Crippen LogP contribution in [0.3, 0.4) is 0 Å². The topological polar surface area (TPSA) is 46.0 Å². The molecule has 4 rings (SSSR count). The Morgan fingerprint density at radius 3 is 2.23 bits per heavy atom. The smallest absolute Gasteiger partial charge is 0.154 e. The molecule has 1 aliphatic rings. The molecule has 0 saturated carbocycles. The van der Waals surface area contributed by atoms with Crippen LogP contribution in [0.15, 0.2) is 76.8 Å². The molecule has 0 saturated heterocycles. The first-order valence-corrected chi connectivity index (χ1v) is 10.4. The van der Waals surface area contributed by atoms with Crippen molar-refractivity contribution in [2.45, 2.75) is 33.1 Å². The minimum atomic E-state index is -0.328. The average molecular weight is 416 g/mol. The third kappa shape index (κ3) is 4.50. The van der Waals surface area contributed by atoms with Gasteiger partial charge in [-0.25, -0.2) is 9.38 Å². The number of halogens is 1. The zero-order valence-electron chi connectivity index (χ0n) is 18.2. The number of hydrazone groups is 1. The highest BCUT2D eigenvalue weighted by molar-refractivity contribution is 6.18. The van der Waals surface area contributed by atoms with Gasteiger partial charge in [-0.3, -0.25) is 5.43 Å². The second-order valence-electron chi connectivity index (χ2n) is 8.48. The van der Waals surface area contributed by atoms with Gasteiger partial charge in [0.1, 0.15) is 17.3 Å². The maximum atomic E-state index is 14.1. The number of amidine groups is 1. The largest absolute Gasteiger partial charge is 0.494 e. The van der Waals surface area contributed by atoms with Gasteiger partial charge in [0.2, 0.25) is 0 Å². The van der Waals surface area contributed by atoms with Gasteiger partial charge < -0.3 is 4.74 Å². The van der Waals surface area contributed by atoms with Gasteiger partial charge in [-0.1, -0.05) is 45.0 Å². The van der Waals surface area contributed by atoms with E-state index in [4.69, 9.17) is 9.73 Å². The molecule has 0 fully saturated rings. The number of nitrogens with zero attached hydrogens (tertiary/aromatic N) is 2. The van der Waals surface area contributed by atoms with Gasteiger partial charge in [0, 0.05) is 16.7 Å². The highest BCUT2D eigenvalue weighted by Gasteiger charge is 2.19. The van der Waals surface area contributed by atoms with Crippen molar-refractivity contribution >= 4 is 17.2 Å². The number of benzene rings is 3. The first kappa shape index (κ1) is 20.8. The molecule has 1 N–H and O–H groups in total. The van der Waals surface area contributed by atoms with Crippen LogP contribution in [0.1, 0.15) is 49.9 Å². The Kier molecular flexibility index (Phi) is 5.59. The lowest BCUT2D eigenvalue weighted by Crippen LogP contribution is -2.20. The summed E-state index contributed by atoms with van der Waals surface area (Å²) in [5.74, 6) is 1.07. The summed E-state index contributed by atoms with van der Waals surface area (Å²) in [5, 5.41) is 4.61. The summed E-state index contributed by atoms with van der Waals surface area (Å²) in [6.45, 7) is 9.09. The van der Waals surface area contributed by atoms with Crippen molar-refractivity contribution in [2.24, 2.45) is 10.1 Å². The van der Waals surface area contributed by atoms with Crippen molar-refractivity contribution in [3.63, 3.8) is 0 Å². The van der Waals surface area contributed by atoms with E-state index in [-0.39, 0.29) is 11.2 Å². The minimum absolute atomic E-state index is 0.0698. The highest BCUT2D eigenvalue weighted by Crippen LogP contribution is 2.28. The second-order valence-corrected chi connectivity index (χ2v) is 8.48. The van der Waals surface area contributed by atoms with Crippen LogP contribution in [0.5, 0.6) is 5.75 Å². The lowest BCUT2D eigenvalue weighted by Gasteiger charge is -2.19. The summed E-state index contributed by atoms with van der Waals surface area (Å²) in [6.07, 6.45) is 0. The van der Waals surface area contributed by atoms with Gasteiger partial charge >= 0.3 is 0 Å². The van der Waals surface area contributed by atoms with E-state index >= 15 is 0 Å². The molecule has 0 bridgehead atoms. The van der Waals surface area contributed by atoms with Crippen molar-refractivity contribution in [2.75, 3.05) is 6.61 Å². The van der Waals surface area contributed by atoms with Crippen LogP contribution < -0.4 is 10.2 Å². The van der Waals surface area contributed by atoms with Crippen LogP contribution in [0.4, 0.5) is 10.1 Å². The lowest BCUT2D eigenvalue weighted by molar-refractivity contribution is 0.340. The SMILES string of the molecule is CCOc1ccc(C2=NNC(c3ccc(C(C)(C)C)cc3)=Nc3ccc(F)cc32)cc1. The summed E-state index contributed by atoms with van der Waals surface area (Å²) in [7, 11) is 0. The molecule has 0 atom stereocenters. The Bertz CT molecular complexity index is 1140. The summed E-state index contributed by atoms with van der Waals surface area (Å²) >= 11 is 0. The van der Waals surface area contributed by atoms with Crippen LogP contribution in [0, 0.1) is 5.82 Å². The van der Waals surface area contributed by atoms with Gasteiger partial charge in [-0.05, 0) is 60.4 Å². The Labute approximate surface area is 182 Å². The zero-order chi connectivity index (χ0) is 22.0. The van der Waals surface area contributed by atoms with Crippen LogP contribution >= 0.6 is 0 Å². The van der Waals surface area contributed by atoms with Crippen molar-refractivity contribution in [3.05, 3.63) is 94.8 Å². The highest BCUT2D eigenvalue weighted by atomic mass is 19.1. The first-order chi connectivity index (χ1) is 14.8. The monoisotopic (exact) mass is 415 g/mol. The molecule has 1 heterocycles. The van der Waals surface area contributed by atoms with Crippen LogP contribution in [-0.2, 0) is 5.41 Å². The van der Waals surface area contributed by atoms with Crippen molar-refractivity contribution < 1.29 is 9.13 Å². The van der Waals surface area contributed by atoms with Crippen molar-refractivity contribution in [1.82, 2.24) is 5.43 Å². The Balaban J connectivity index is 1.75. The Hall–Kier alpha value is -3.47. The predicted octanol–water partition coefficient (Wildman–Crippen LogP) is 5.96. The molecule has 0 aliphatic carbocycles. The molecule has 3 aromatic rings. The van der Waals surface area contributed by atoms with Gasteiger partial charge in [0.25, 0.3) is 0 Å². The van der Waals surface area contributed by atoms with E-state index in [0.29, 0.717) is 29.4 Å². The number of fused-ring (bicyclic) bond motifs is 1. The minimum Gasteiger partial charge on any atom is -0.494 e. The third-order valence-electron chi connectivity index (χ3n) is 5.18. The molecular weight excluding hydrogens is 389 g/mol. The molecular formula is C26H26FN3O. The summed E-state index contributed by atoms with van der Waals surface area (Å²) in [6, 6.07) is 20.5.